The molecule has 0 atom stereocenters. The van der Waals surface area contributed by atoms with Gasteiger partial charge in [-0.3, -0.25) is 4.57 Å². The molecule has 0 aliphatic heterocycles. The maximum absolute atomic E-state index is 10.9. The molecule has 0 fully saturated rings. The zero-order chi connectivity index (χ0) is 11.0. The number of carboxylic acid groups (broad SMARTS) is 2. The van der Waals surface area contributed by atoms with Crippen LogP contribution in [-0.2, 0) is 0 Å². The summed E-state index contributed by atoms with van der Waals surface area (Å²) in [6, 6.07) is 6.19. The number of para-hydroxylation sites is 1. The molecule has 0 saturated heterocycles. The van der Waals surface area contributed by atoms with Gasteiger partial charge in [-0.25, -0.2) is 9.59 Å². The van der Waals surface area contributed by atoms with E-state index in [-0.39, 0.29) is 11.1 Å². The van der Waals surface area contributed by atoms with E-state index in [1.54, 1.807) is 18.2 Å². The Hall–Kier alpha value is -2.30. The van der Waals surface area contributed by atoms with E-state index in [2.05, 4.69) is 0 Å². The summed E-state index contributed by atoms with van der Waals surface area (Å²) in [5.41, 5.74) is 0.192. The van der Waals surface area contributed by atoms with Crippen LogP contribution in [0, 0.1) is 0 Å². The summed E-state index contributed by atoms with van der Waals surface area (Å²) < 4.78 is 0.902. The van der Waals surface area contributed by atoms with Gasteiger partial charge in [-0.2, -0.15) is 0 Å². The first-order valence-electron chi connectivity index (χ1n) is 4.18. The van der Waals surface area contributed by atoms with Gasteiger partial charge in [-0.1, -0.05) is 12.1 Å². The normalized spacial score (nSPS) is 10.4. The predicted molar refractivity (Wildman–Crippen MR) is 52.3 cm³/mol. The monoisotopic (exact) mass is 205 g/mol. The minimum absolute atomic E-state index is 0.0140. The van der Waals surface area contributed by atoms with Crippen molar-refractivity contribution < 1.29 is 19.8 Å². The van der Waals surface area contributed by atoms with E-state index >= 15 is 0 Å². The van der Waals surface area contributed by atoms with Gasteiger partial charge in [0.1, 0.15) is 0 Å². The van der Waals surface area contributed by atoms with Crippen LogP contribution < -0.4 is 0 Å². The fourth-order valence-electron chi connectivity index (χ4n) is 1.53. The number of nitrogens with zero attached hydrogens (tertiary/aromatic N) is 1. The predicted octanol–water partition coefficient (Wildman–Crippen LogP) is 1.87. The zero-order valence-corrected chi connectivity index (χ0v) is 7.54. The number of carboxylic acids is 1. The standard InChI is InChI=1S/C10H7NO4/c12-9(13)7-3-1-2-6-4-5-11(8(6)7)10(14)15/h1-5H,(H,12,13)(H,14,15). The number of rotatable bonds is 1. The highest BCUT2D eigenvalue weighted by Gasteiger charge is 2.14. The molecule has 0 aliphatic carbocycles. The number of fused-ring (bicyclic) bond motifs is 1. The number of aromatic nitrogens is 1. The van der Waals surface area contributed by atoms with Gasteiger partial charge in [-0.15, -0.1) is 0 Å². The Morgan fingerprint density at radius 3 is 2.47 bits per heavy atom. The Labute approximate surface area is 84.2 Å². The third-order valence-electron chi connectivity index (χ3n) is 2.15. The van der Waals surface area contributed by atoms with Crippen LogP contribution in [0.15, 0.2) is 30.5 Å². The second-order valence-corrected chi connectivity index (χ2v) is 3.02. The van der Waals surface area contributed by atoms with Crippen molar-refractivity contribution in [2.75, 3.05) is 0 Å². The highest BCUT2D eigenvalue weighted by atomic mass is 16.4. The minimum Gasteiger partial charge on any atom is -0.478 e. The van der Waals surface area contributed by atoms with Gasteiger partial charge in [-0.05, 0) is 12.1 Å². The Bertz CT molecular complexity index is 556. The Morgan fingerprint density at radius 1 is 1.13 bits per heavy atom. The van der Waals surface area contributed by atoms with Crippen LogP contribution in [-0.4, -0.2) is 26.8 Å². The number of carbonyl (C=O) groups is 2. The Balaban J connectivity index is 2.86. The average Bonchev–Trinajstić information content (AvgIpc) is 2.60. The Morgan fingerprint density at radius 2 is 1.87 bits per heavy atom. The molecule has 1 aromatic heterocycles. The SMILES string of the molecule is O=C(O)c1cccc2ccn(C(=O)O)c12. The summed E-state index contributed by atoms with van der Waals surface area (Å²) in [6.45, 7) is 0. The highest BCUT2D eigenvalue weighted by molar-refractivity contribution is 6.04. The molecule has 2 aromatic rings. The molecule has 0 unspecified atom stereocenters. The van der Waals surface area contributed by atoms with Gasteiger partial charge >= 0.3 is 12.1 Å². The highest BCUT2D eigenvalue weighted by Crippen LogP contribution is 2.20. The van der Waals surface area contributed by atoms with Gasteiger partial charge in [0, 0.05) is 11.6 Å². The van der Waals surface area contributed by atoms with Crippen LogP contribution in [0.25, 0.3) is 10.9 Å². The maximum atomic E-state index is 10.9. The molecule has 2 N–H and O–H groups in total. The first kappa shape index (κ1) is 9.26. The smallest absolute Gasteiger partial charge is 0.416 e. The summed E-state index contributed by atoms with van der Waals surface area (Å²) in [5, 5.41) is 18.3. The van der Waals surface area contributed by atoms with E-state index in [4.69, 9.17) is 10.2 Å². The molecule has 2 rings (SSSR count). The van der Waals surface area contributed by atoms with Crippen LogP contribution in [0.2, 0.25) is 0 Å². The van der Waals surface area contributed by atoms with E-state index in [9.17, 15) is 9.59 Å². The molecule has 5 heteroatoms. The Kier molecular flexibility index (Phi) is 1.93. The maximum Gasteiger partial charge on any atom is 0.416 e. The van der Waals surface area contributed by atoms with E-state index in [0.29, 0.717) is 5.39 Å². The number of aromatic carboxylic acids is 1. The lowest BCUT2D eigenvalue weighted by molar-refractivity contribution is 0.0699. The number of benzene rings is 1. The topological polar surface area (TPSA) is 79.5 Å². The molecule has 0 aliphatic rings. The van der Waals surface area contributed by atoms with Crippen molar-refractivity contribution >= 4 is 23.0 Å². The van der Waals surface area contributed by atoms with Crippen molar-refractivity contribution in [1.82, 2.24) is 4.57 Å². The second-order valence-electron chi connectivity index (χ2n) is 3.02. The van der Waals surface area contributed by atoms with E-state index in [1.807, 2.05) is 0 Å². The van der Waals surface area contributed by atoms with Gasteiger partial charge in [0.15, 0.2) is 0 Å². The van der Waals surface area contributed by atoms with Crippen molar-refractivity contribution in [3.8, 4) is 0 Å². The average molecular weight is 205 g/mol. The van der Waals surface area contributed by atoms with Gasteiger partial charge in [0.2, 0.25) is 0 Å². The van der Waals surface area contributed by atoms with Crippen LogP contribution >= 0.6 is 0 Å². The molecule has 0 radical (unpaired) electrons. The molecular formula is C10H7NO4. The van der Waals surface area contributed by atoms with Gasteiger partial charge < -0.3 is 10.2 Å². The fraction of sp³-hybridized carbons (Fsp3) is 0. The third-order valence-corrected chi connectivity index (χ3v) is 2.15. The third kappa shape index (κ3) is 1.34. The van der Waals surface area contributed by atoms with Crippen LogP contribution in [0.4, 0.5) is 4.79 Å². The molecule has 1 heterocycles. The summed E-state index contributed by atoms with van der Waals surface area (Å²) in [7, 11) is 0. The quantitative estimate of drug-likeness (QED) is 0.744. The summed E-state index contributed by atoms with van der Waals surface area (Å²) >= 11 is 0. The fourth-order valence-corrected chi connectivity index (χ4v) is 1.53. The van der Waals surface area contributed by atoms with E-state index in [1.165, 1.54) is 12.3 Å². The molecule has 5 nitrogen and oxygen atoms in total. The molecule has 15 heavy (non-hydrogen) atoms. The first-order chi connectivity index (χ1) is 7.11. The number of hydrogen-bond donors (Lipinski definition) is 2. The lowest BCUT2D eigenvalue weighted by Crippen LogP contribution is -2.09. The molecule has 0 spiro atoms. The number of hydrogen-bond acceptors (Lipinski definition) is 2. The van der Waals surface area contributed by atoms with Crippen molar-refractivity contribution in [2.24, 2.45) is 0 Å². The van der Waals surface area contributed by atoms with Crippen molar-refractivity contribution in [3.05, 3.63) is 36.0 Å². The molecular weight excluding hydrogens is 198 g/mol. The minimum atomic E-state index is -1.20. The molecule has 0 saturated carbocycles. The lowest BCUT2D eigenvalue weighted by Gasteiger charge is -2.01. The second kappa shape index (κ2) is 3.13. The van der Waals surface area contributed by atoms with Crippen LogP contribution in [0.1, 0.15) is 10.4 Å². The van der Waals surface area contributed by atoms with E-state index < -0.39 is 12.1 Å². The van der Waals surface area contributed by atoms with Crippen molar-refractivity contribution in [2.45, 2.75) is 0 Å². The first-order valence-corrected chi connectivity index (χ1v) is 4.18. The van der Waals surface area contributed by atoms with Crippen LogP contribution in [0.3, 0.4) is 0 Å². The van der Waals surface area contributed by atoms with Gasteiger partial charge in [0.05, 0.1) is 11.1 Å². The van der Waals surface area contributed by atoms with Crippen molar-refractivity contribution in [3.63, 3.8) is 0 Å². The lowest BCUT2D eigenvalue weighted by atomic mass is 10.1. The zero-order valence-electron chi connectivity index (χ0n) is 7.54. The summed E-state index contributed by atoms with van der Waals surface area (Å²) in [5.74, 6) is -1.14. The van der Waals surface area contributed by atoms with Crippen molar-refractivity contribution in [1.29, 1.82) is 0 Å². The largest absolute Gasteiger partial charge is 0.478 e. The molecule has 0 amide bonds. The molecule has 1 aromatic carbocycles. The van der Waals surface area contributed by atoms with Crippen LogP contribution in [0.5, 0.6) is 0 Å². The van der Waals surface area contributed by atoms with E-state index in [0.717, 1.165) is 4.57 Å². The summed E-state index contributed by atoms with van der Waals surface area (Å²) in [4.78, 5) is 21.7. The van der Waals surface area contributed by atoms with Gasteiger partial charge in [0.25, 0.3) is 0 Å². The molecule has 76 valence electrons. The molecule has 0 bridgehead atoms. The summed E-state index contributed by atoms with van der Waals surface area (Å²) in [6.07, 6.45) is 0.137.